The number of hydrogen-bond acceptors (Lipinski definition) is 2. The predicted octanol–water partition coefficient (Wildman–Crippen LogP) is 3.43. The van der Waals surface area contributed by atoms with Gasteiger partial charge in [-0.1, -0.05) is 37.6 Å². The highest BCUT2D eigenvalue weighted by Gasteiger charge is 2.09. The van der Waals surface area contributed by atoms with Gasteiger partial charge < -0.3 is 0 Å². The molecule has 0 aromatic heterocycles. The first kappa shape index (κ1) is 13.1. The maximum absolute atomic E-state index is 11.1. The van der Waals surface area contributed by atoms with Crippen LogP contribution in [0.1, 0.15) is 25.3 Å². The third-order valence-corrected chi connectivity index (χ3v) is 3.84. The molecule has 3 nitrogen and oxygen atoms in total. The summed E-state index contributed by atoms with van der Waals surface area (Å²) < 4.78 is 31.2. The van der Waals surface area contributed by atoms with E-state index in [1.807, 2.05) is 12.1 Å². The van der Waals surface area contributed by atoms with E-state index in [0.717, 1.165) is 30.0 Å². The van der Waals surface area contributed by atoms with Crippen molar-refractivity contribution in [3.63, 3.8) is 0 Å². The van der Waals surface area contributed by atoms with Gasteiger partial charge in [-0.15, -0.1) is 0 Å². The van der Waals surface area contributed by atoms with Crippen LogP contribution in [0.25, 0.3) is 10.8 Å². The molecule has 2 rings (SSSR count). The third kappa shape index (κ3) is 2.89. The van der Waals surface area contributed by atoms with Crippen LogP contribution in [-0.2, 0) is 16.5 Å². The van der Waals surface area contributed by atoms with Crippen LogP contribution in [0.3, 0.4) is 0 Å². The summed E-state index contributed by atoms with van der Waals surface area (Å²) in [5.41, 5.74) is 1.19. The molecule has 2 aromatic carbocycles. The Morgan fingerprint density at radius 2 is 1.78 bits per heavy atom. The summed E-state index contributed by atoms with van der Waals surface area (Å²) in [5, 5.41) is 1.82. The molecule has 0 unspecified atom stereocenters. The Labute approximate surface area is 107 Å². The molecule has 0 fully saturated rings. The summed E-state index contributed by atoms with van der Waals surface area (Å²) in [4.78, 5) is -0.0531. The van der Waals surface area contributed by atoms with Crippen LogP contribution in [0.4, 0.5) is 0 Å². The zero-order valence-electron chi connectivity index (χ0n) is 10.3. The first-order valence-corrected chi connectivity index (χ1v) is 7.45. The molecule has 96 valence electrons. The summed E-state index contributed by atoms with van der Waals surface area (Å²) in [7, 11) is -4.12. The second-order valence-electron chi connectivity index (χ2n) is 4.42. The maximum Gasteiger partial charge on any atom is 0.294 e. The van der Waals surface area contributed by atoms with Crippen molar-refractivity contribution in [2.24, 2.45) is 0 Å². The standard InChI is InChI=1S/C14H16O3S/c1-2-3-4-11-5-6-12-7-8-14(18(15,16)17)10-13(12)9-11/h5-10H,2-4H2,1H3,(H,15,16,17). The van der Waals surface area contributed by atoms with E-state index < -0.39 is 10.1 Å². The number of benzene rings is 2. The Hall–Kier alpha value is -1.39. The lowest BCUT2D eigenvalue weighted by molar-refractivity contribution is 0.483. The molecule has 0 heterocycles. The average molecular weight is 264 g/mol. The van der Waals surface area contributed by atoms with Crippen molar-refractivity contribution in [2.45, 2.75) is 31.1 Å². The van der Waals surface area contributed by atoms with Gasteiger partial charge in [-0.25, -0.2) is 0 Å². The molecule has 0 aliphatic carbocycles. The van der Waals surface area contributed by atoms with Crippen molar-refractivity contribution >= 4 is 20.9 Å². The van der Waals surface area contributed by atoms with Crippen molar-refractivity contribution < 1.29 is 13.0 Å². The molecule has 1 N–H and O–H groups in total. The lowest BCUT2D eigenvalue weighted by atomic mass is 10.0. The Kier molecular flexibility index (Phi) is 3.68. The highest BCUT2D eigenvalue weighted by molar-refractivity contribution is 7.85. The molecule has 0 radical (unpaired) electrons. The minimum atomic E-state index is -4.12. The van der Waals surface area contributed by atoms with Crippen molar-refractivity contribution in [1.29, 1.82) is 0 Å². The largest absolute Gasteiger partial charge is 0.294 e. The van der Waals surface area contributed by atoms with E-state index in [2.05, 4.69) is 13.0 Å². The first-order chi connectivity index (χ1) is 8.50. The molecule has 0 bridgehead atoms. The zero-order chi connectivity index (χ0) is 13.2. The molecule has 0 aliphatic rings. The van der Waals surface area contributed by atoms with Crippen molar-refractivity contribution in [3.8, 4) is 0 Å². The fraction of sp³-hybridized carbons (Fsp3) is 0.286. The highest BCUT2D eigenvalue weighted by Crippen LogP contribution is 2.21. The van der Waals surface area contributed by atoms with Gasteiger partial charge in [0.15, 0.2) is 0 Å². The fourth-order valence-corrected chi connectivity index (χ4v) is 2.49. The minimum absolute atomic E-state index is 0.0531. The second-order valence-corrected chi connectivity index (χ2v) is 5.84. The maximum atomic E-state index is 11.1. The fourth-order valence-electron chi connectivity index (χ4n) is 1.97. The summed E-state index contributed by atoms with van der Waals surface area (Å²) in [6.07, 6.45) is 3.23. The molecule has 0 saturated heterocycles. The van der Waals surface area contributed by atoms with Gasteiger partial charge in [-0.2, -0.15) is 8.42 Å². The number of rotatable bonds is 4. The number of fused-ring (bicyclic) bond motifs is 1. The second kappa shape index (κ2) is 5.08. The molecule has 4 heteroatoms. The van der Waals surface area contributed by atoms with E-state index in [1.165, 1.54) is 17.7 Å². The SMILES string of the molecule is CCCCc1ccc2ccc(S(=O)(=O)O)cc2c1. The van der Waals surface area contributed by atoms with Crippen LogP contribution in [0.15, 0.2) is 41.3 Å². The number of aryl methyl sites for hydroxylation is 1. The topological polar surface area (TPSA) is 54.4 Å². The molecule has 0 amide bonds. The average Bonchev–Trinajstić information content (AvgIpc) is 2.34. The molecule has 0 spiro atoms. The van der Waals surface area contributed by atoms with Crippen molar-refractivity contribution in [2.75, 3.05) is 0 Å². The quantitative estimate of drug-likeness (QED) is 0.861. The minimum Gasteiger partial charge on any atom is -0.282 e. The Morgan fingerprint density at radius 3 is 2.44 bits per heavy atom. The van der Waals surface area contributed by atoms with Gasteiger partial charge in [0.2, 0.25) is 0 Å². The van der Waals surface area contributed by atoms with Crippen LogP contribution in [0, 0.1) is 0 Å². The van der Waals surface area contributed by atoms with E-state index in [4.69, 9.17) is 4.55 Å². The summed E-state index contributed by atoms with van der Waals surface area (Å²) >= 11 is 0. The van der Waals surface area contributed by atoms with E-state index >= 15 is 0 Å². The van der Waals surface area contributed by atoms with E-state index in [0.29, 0.717) is 0 Å². The number of unbranched alkanes of at least 4 members (excludes halogenated alkanes) is 1. The predicted molar refractivity (Wildman–Crippen MR) is 72.4 cm³/mol. The van der Waals surface area contributed by atoms with Gasteiger partial charge in [0.25, 0.3) is 10.1 Å². The zero-order valence-corrected chi connectivity index (χ0v) is 11.1. The molecular formula is C14H16O3S. The summed E-state index contributed by atoms with van der Waals surface area (Å²) in [5.74, 6) is 0. The van der Waals surface area contributed by atoms with Crippen LogP contribution in [0.5, 0.6) is 0 Å². The number of hydrogen-bond donors (Lipinski definition) is 1. The van der Waals surface area contributed by atoms with Gasteiger partial charge in [-0.3, -0.25) is 4.55 Å². The molecule has 0 atom stereocenters. The molecule has 0 aliphatic heterocycles. The van der Waals surface area contributed by atoms with Crippen LogP contribution in [0.2, 0.25) is 0 Å². The monoisotopic (exact) mass is 264 g/mol. The molecular weight excluding hydrogens is 248 g/mol. The van der Waals surface area contributed by atoms with E-state index in [-0.39, 0.29) is 4.90 Å². The van der Waals surface area contributed by atoms with Gasteiger partial charge >= 0.3 is 0 Å². The van der Waals surface area contributed by atoms with Crippen LogP contribution < -0.4 is 0 Å². The smallest absolute Gasteiger partial charge is 0.282 e. The van der Waals surface area contributed by atoms with Gasteiger partial charge in [0.05, 0.1) is 4.90 Å². The van der Waals surface area contributed by atoms with Gasteiger partial charge in [-0.05, 0) is 41.3 Å². The first-order valence-electron chi connectivity index (χ1n) is 6.01. The van der Waals surface area contributed by atoms with Gasteiger partial charge in [0, 0.05) is 0 Å². The van der Waals surface area contributed by atoms with Crippen molar-refractivity contribution in [1.82, 2.24) is 0 Å². The van der Waals surface area contributed by atoms with Crippen molar-refractivity contribution in [3.05, 3.63) is 42.0 Å². The Morgan fingerprint density at radius 1 is 1.06 bits per heavy atom. The van der Waals surface area contributed by atoms with E-state index in [9.17, 15) is 8.42 Å². The van der Waals surface area contributed by atoms with E-state index in [1.54, 1.807) is 6.07 Å². The van der Waals surface area contributed by atoms with Crippen LogP contribution in [-0.4, -0.2) is 13.0 Å². The summed E-state index contributed by atoms with van der Waals surface area (Å²) in [6.45, 7) is 2.14. The van der Waals surface area contributed by atoms with Gasteiger partial charge in [0.1, 0.15) is 0 Å². The third-order valence-electron chi connectivity index (χ3n) is 2.99. The molecule has 0 saturated carbocycles. The Bertz CT molecular complexity index is 660. The normalized spacial score (nSPS) is 11.9. The highest BCUT2D eigenvalue weighted by atomic mass is 32.2. The Balaban J connectivity index is 2.46. The molecule has 18 heavy (non-hydrogen) atoms. The molecule has 2 aromatic rings. The van der Waals surface area contributed by atoms with Crippen LogP contribution >= 0.6 is 0 Å². The lowest BCUT2D eigenvalue weighted by Crippen LogP contribution is -1.97. The lowest BCUT2D eigenvalue weighted by Gasteiger charge is -2.04. The summed E-state index contributed by atoms with van der Waals surface area (Å²) in [6, 6.07) is 10.7.